The lowest BCUT2D eigenvalue weighted by Crippen LogP contribution is -2.12. The van der Waals surface area contributed by atoms with Gasteiger partial charge in [-0.2, -0.15) is 0 Å². The number of phenolic OH excluding ortho intramolecular Hbond substituents is 6. The highest BCUT2D eigenvalue weighted by atomic mass is 16.5. The van der Waals surface area contributed by atoms with Crippen LogP contribution in [0.25, 0.3) is 0 Å². The molecular weight excluding hydrogens is 1220 g/mol. The van der Waals surface area contributed by atoms with Gasteiger partial charge in [-0.25, -0.2) is 0 Å². The summed E-state index contributed by atoms with van der Waals surface area (Å²) in [4.78, 5) is 67.4. The fourth-order valence-electron chi connectivity index (χ4n) is 9.20. The summed E-state index contributed by atoms with van der Waals surface area (Å²) in [7, 11) is 7.57. The molecule has 18 heteroatoms. The summed E-state index contributed by atoms with van der Waals surface area (Å²) in [6.45, 7) is 15.4. The molecule has 0 heterocycles. The molecule has 1 atom stereocenters. The molecule has 1 unspecified atom stereocenters. The van der Waals surface area contributed by atoms with Crippen LogP contribution in [0.4, 0.5) is 0 Å². The summed E-state index contributed by atoms with van der Waals surface area (Å²) in [5, 5.41) is 56.5. The van der Waals surface area contributed by atoms with Crippen LogP contribution in [-0.4, -0.2) is 107 Å². The predicted octanol–water partition coefficient (Wildman–Crippen LogP) is 16.1. The second kappa shape index (κ2) is 49.5. The predicted molar refractivity (Wildman–Crippen MR) is 377 cm³/mol. The topological polar surface area (TPSA) is 279 Å². The average Bonchev–Trinajstić information content (AvgIpc) is 1.77. The molecule has 528 valence electrons. The van der Waals surface area contributed by atoms with Gasteiger partial charge in [0.05, 0.1) is 42.2 Å². The van der Waals surface area contributed by atoms with Crippen LogP contribution in [0.5, 0.6) is 69.0 Å². The van der Waals surface area contributed by atoms with Crippen molar-refractivity contribution in [1.29, 1.82) is 0 Å². The fraction of sp³-hybridized carbons (Fsp3) is 0.462. The minimum atomic E-state index is 0.0132. The molecule has 0 amide bonds. The van der Waals surface area contributed by atoms with Gasteiger partial charge in [-0.15, -0.1) is 0 Å². The number of phenols is 6. The summed E-state index contributed by atoms with van der Waals surface area (Å²) >= 11 is 0. The molecule has 18 nitrogen and oxygen atoms in total. The maximum atomic E-state index is 11.7. The molecule has 96 heavy (non-hydrogen) atoms. The Morgan fingerprint density at radius 3 is 0.938 bits per heavy atom. The van der Waals surface area contributed by atoms with Crippen molar-refractivity contribution in [2.24, 2.45) is 5.92 Å². The normalized spacial score (nSPS) is 10.5. The zero-order valence-corrected chi connectivity index (χ0v) is 59.1. The largest absolute Gasteiger partial charge is 0.504 e. The number of aromatic hydroxyl groups is 6. The lowest BCUT2D eigenvalue weighted by Gasteiger charge is -2.10. The number of aryl methyl sites for hydroxylation is 5. The minimum absolute atomic E-state index is 0.0132. The van der Waals surface area contributed by atoms with Crippen molar-refractivity contribution in [3.05, 3.63) is 143 Å². The minimum Gasteiger partial charge on any atom is -0.504 e. The smallest absolute Gasteiger partial charge is 0.161 e. The molecule has 0 saturated carbocycles. The highest BCUT2D eigenvalue weighted by Gasteiger charge is 2.14. The number of methoxy groups -OCH3 is 5. The van der Waals surface area contributed by atoms with Crippen LogP contribution in [0.2, 0.25) is 0 Å². The third-order valence-corrected chi connectivity index (χ3v) is 15.1. The van der Waals surface area contributed by atoms with Crippen LogP contribution < -0.4 is 28.4 Å². The first-order chi connectivity index (χ1) is 45.8. The monoisotopic (exact) mass is 1330 g/mol. The van der Waals surface area contributed by atoms with Crippen molar-refractivity contribution in [2.75, 3.05) is 42.2 Å². The Morgan fingerprint density at radius 1 is 0.344 bits per heavy atom. The number of benzene rings is 6. The summed E-state index contributed by atoms with van der Waals surface area (Å²) < 4.78 is 30.3. The van der Waals surface area contributed by atoms with Crippen molar-refractivity contribution < 1.29 is 87.8 Å². The van der Waals surface area contributed by atoms with Crippen molar-refractivity contribution in [2.45, 2.75) is 190 Å². The van der Waals surface area contributed by atoms with E-state index in [1.807, 2.05) is 45.9 Å². The number of rotatable bonds is 35. The van der Waals surface area contributed by atoms with Gasteiger partial charge in [-0.3, -0.25) is 19.2 Å². The summed E-state index contributed by atoms with van der Waals surface area (Å²) in [5.41, 5.74) is 6.05. The molecular formula is C78H108O18. The second-order valence-corrected chi connectivity index (χ2v) is 23.0. The van der Waals surface area contributed by atoms with Gasteiger partial charge >= 0.3 is 0 Å². The van der Waals surface area contributed by atoms with Crippen LogP contribution in [-0.2, 0) is 67.3 Å². The molecule has 0 spiro atoms. The van der Waals surface area contributed by atoms with Crippen LogP contribution in [0.1, 0.15) is 185 Å². The van der Waals surface area contributed by atoms with Crippen molar-refractivity contribution >= 4 is 34.7 Å². The van der Waals surface area contributed by atoms with Gasteiger partial charge in [-0.1, -0.05) is 96.7 Å². The van der Waals surface area contributed by atoms with E-state index < -0.39 is 0 Å². The van der Waals surface area contributed by atoms with E-state index in [1.165, 1.54) is 48.4 Å². The van der Waals surface area contributed by atoms with Gasteiger partial charge in [0.1, 0.15) is 34.7 Å². The van der Waals surface area contributed by atoms with Gasteiger partial charge in [-0.05, 0) is 178 Å². The number of Topliss-reactive ketones (excluding diaryl/α,β-unsaturated/α-hetero) is 6. The maximum absolute atomic E-state index is 11.7. The van der Waals surface area contributed by atoms with Gasteiger partial charge in [0, 0.05) is 63.7 Å². The molecule has 0 radical (unpaired) electrons. The Hall–Kier alpha value is -9.06. The van der Waals surface area contributed by atoms with Gasteiger partial charge in [0.15, 0.2) is 69.0 Å². The number of hydrogen-bond acceptors (Lipinski definition) is 18. The first-order valence-corrected chi connectivity index (χ1v) is 33.2. The number of unbranched alkanes of at least 4 members (excludes halogenated alkanes) is 4. The first kappa shape index (κ1) is 85.0. The molecule has 6 aromatic carbocycles. The molecule has 6 N–H and O–H groups in total. The van der Waals surface area contributed by atoms with Gasteiger partial charge in [0.25, 0.3) is 0 Å². The van der Waals surface area contributed by atoms with E-state index in [1.54, 1.807) is 105 Å². The molecule has 0 fully saturated rings. The third-order valence-electron chi connectivity index (χ3n) is 15.1. The van der Waals surface area contributed by atoms with Crippen LogP contribution in [0, 0.1) is 5.92 Å². The lowest BCUT2D eigenvalue weighted by molar-refractivity contribution is -0.122. The summed E-state index contributed by atoms with van der Waals surface area (Å²) in [5.74, 6) is 5.04. The number of carbonyl (C=O) groups excluding carboxylic acids is 6. The Kier molecular flexibility index (Phi) is 43.8. The van der Waals surface area contributed by atoms with E-state index in [0.29, 0.717) is 149 Å². The SMILES string of the molecule is CCC(=O)C(C)Cc1ccc(O)c(OC)c1.CCC(=O)CCc1ccc(O)c(OC)c1.CCCCC(=O)CCc1ccc(O)c(OC)c1.CCCCCCC(=O)CCc1ccc(O)c(OC)c1.CCOc1cc(CCC(C)=O)ccc1O.COc1cc(CCC(C)=O)ccc1O. The Balaban J connectivity index is 0.000000577. The van der Waals surface area contributed by atoms with Crippen LogP contribution in [0.3, 0.4) is 0 Å². The van der Waals surface area contributed by atoms with Crippen molar-refractivity contribution in [3.63, 3.8) is 0 Å². The van der Waals surface area contributed by atoms with E-state index >= 15 is 0 Å². The van der Waals surface area contributed by atoms with Crippen molar-refractivity contribution in [3.8, 4) is 69.0 Å². The van der Waals surface area contributed by atoms with E-state index in [0.717, 1.165) is 59.1 Å². The Labute approximate surface area is 569 Å². The van der Waals surface area contributed by atoms with Gasteiger partial charge in [0.2, 0.25) is 0 Å². The third kappa shape index (κ3) is 36.0. The van der Waals surface area contributed by atoms with E-state index in [-0.39, 0.29) is 63.5 Å². The Bertz CT molecular complexity index is 3280. The molecule has 6 aromatic rings. The fourth-order valence-corrected chi connectivity index (χ4v) is 9.20. The standard InChI is InChI=1S/C16H24O3.C14H20O3.C13H18O3.2C12H16O3.C11H14O3/c1-3-4-5-6-7-14(17)10-8-13-9-11-15(18)16(12-13)19-2;1-3-4-5-12(15)8-6-11-7-9-13(16)14(10-11)17-2;1-4-11(14)9(2)7-10-5-6-12(15)13(8-10)16-3;1-3-10(13)6-4-9-5-7-11(14)12(8-9)15-2;1-3-15-12-8-10(5-4-9(2)13)6-7-11(12)14;1-8(12)3-4-9-5-6-10(13)11(7-9)14-2/h9,11-12,18H,3-8,10H2,1-2H3;7,9-10,16H,3-6,8H2,1-2H3;5-6,8-9,15H,4,7H2,1-3H3;5,7-8,14H,3-4,6H2,1-2H3;6-8,14H,3-5H2,1-2H3;5-7,13H,3-4H2,1-2H3. The maximum Gasteiger partial charge on any atom is 0.161 e. The van der Waals surface area contributed by atoms with Crippen LogP contribution >= 0.6 is 0 Å². The van der Waals surface area contributed by atoms with E-state index in [4.69, 9.17) is 28.4 Å². The first-order valence-electron chi connectivity index (χ1n) is 33.2. The zero-order chi connectivity index (χ0) is 72.0. The summed E-state index contributed by atoms with van der Waals surface area (Å²) in [6, 6.07) is 31.1. The van der Waals surface area contributed by atoms with E-state index in [2.05, 4.69) is 13.8 Å². The number of hydrogen-bond donors (Lipinski definition) is 6. The molecule has 0 aliphatic rings. The second-order valence-electron chi connectivity index (χ2n) is 23.0. The molecule has 0 aliphatic heterocycles. The van der Waals surface area contributed by atoms with Gasteiger partial charge < -0.3 is 68.6 Å². The highest BCUT2D eigenvalue weighted by Crippen LogP contribution is 2.32. The molecule has 0 bridgehead atoms. The highest BCUT2D eigenvalue weighted by molar-refractivity contribution is 5.81. The molecule has 0 saturated heterocycles. The lowest BCUT2D eigenvalue weighted by atomic mass is 9.95. The van der Waals surface area contributed by atoms with Crippen molar-refractivity contribution in [1.82, 2.24) is 0 Å². The van der Waals surface area contributed by atoms with E-state index in [9.17, 15) is 59.4 Å². The molecule has 0 aromatic heterocycles. The number of ether oxygens (including phenoxy) is 6. The number of carbonyl (C=O) groups is 6. The average molecular weight is 1330 g/mol. The quantitative estimate of drug-likeness (QED) is 0.0202. The Morgan fingerprint density at radius 2 is 0.635 bits per heavy atom. The molecule has 0 aliphatic carbocycles. The molecule has 6 rings (SSSR count). The van der Waals surface area contributed by atoms with Crippen LogP contribution in [0.15, 0.2) is 109 Å². The zero-order valence-electron chi connectivity index (χ0n) is 59.1. The number of ketones is 6. The summed E-state index contributed by atoms with van der Waals surface area (Å²) in [6.07, 6.45) is 16.0.